The van der Waals surface area contributed by atoms with Crippen LogP contribution in [-0.2, 0) is 0 Å². The first-order chi connectivity index (χ1) is 6.24. The topological polar surface area (TPSA) is 72.0 Å². The smallest absolute Gasteiger partial charge is 0.156 e. The summed E-state index contributed by atoms with van der Waals surface area (Å²) in [4.78, 5) is 7.73. The van der Waals surface area contributed by atoms with E-state index in [1.807, 2.05) is 0 Å². The van der Waals surface area contributed by atoms with Crippen molar-refractivity contribution in [3.63, 3.8) is 0 Å². The van der Waals surface area contributed by atoms with Gasteiger partial charge in [0.25, 0.3) is 0 Å². The second-order valence-electron chi connectivity index (χ2n) is 2.37. The molecule has 0 saturated carbocycles. The summed E-state index contributed by atoms with van der Waals surface area (Å²) in [6.07, 6.45) is 2.01. The third-order valence-electron chi connectivity index (χ3n) is 1.28. The molecular weight excluding hydrogens is 193 g/mol. The van der Waals surface area contributed by atoms with Crippen LogP contribution in [0.15, 0.2) is 17.4 Å². The molecule has 1 heterocycles. The van der Waals surface area contributed by atoms with Gasteiger partial charge in [0.05, 0.1) is 6.10 Å². The highest BCUT2D eigenvalue weighted by Crippen LogP contribution is 2.20. The van der Waals surface area contributed by atoms with E-state index in [1.165, 1.54) is 24.2 Å². The quantitative estimate of drug-likeness (QED) is 0.696. The number of nitrogens with two attached hydrogens (primary N) is 1. The number of aliphatic hydroxyl groups excluding tert-OH is 1. The Labute approximate surface area is 79.4 Å². The maximum atomic E-state index is 11.9. The molecule has 72 valence electrons. The Balaban J connectivity index is 2.50. The van der Waals surface area contributed by atoms with E-state index < -0.39 is 12.8 Å². The molecule has 0 aliphatic heterocycles. The van der Waals surface area contributed by atoms with Gasteiger partial charge in [0.15, 0.2) is 5.82 Å². The monoisotopic (exact) mass is 203 g/mol. The molecule has 0 amide bonds. The Bertz CT molecular complexity index is 274. The molecule has 1 rings (SSSR count). The van der Waals surface area contributed by atoms with Crippen molar-refractivity contribution in [3.05, 3.63) is 12.4 Å². The highest BCUT2D eigenvalue weighted by Gasteiger charge is 2.07. The molecule has 0 fully saturated rings. The summed E-state index contributed by atoms with van der Waals surface area (Å²) in [6, 6.07) is 0. The van der Waals surface area contributed by atoms with Crippen LogP contribution in [0.5, 0.6) is 0 Å². The van der Waals surface area contributed by atoms with Gasteiger partial charge in [0.1, 0.15) is 11.7 Å². The van der Waals surface area contributed by atoms with Crippen LogP contribution in [-0.4, -0.2) is 33.6 Å². The number of halogens is 1. The zero-order chi connectivity index (χ0) is 9.68. The summed E-state index contributed by atoms with van der Waals surface area (Å²) in [5.74, 6) is 0.540. The summed E-state index contributed by atoms with van der Waals surface area (Å²) in [5, 5.41) is 9.45. The van der Waals surface area contributed by atoms with Gasteiger partial charge in [-0.2, -0.15) is 0 Å². The second-order valence-corrected chi connectivity index (χ2v) is 3.37. The lowest BCUT2D eigenvalue weighted by atomic mass is 10.5. The minimum atomic E-state index is -0.966. The molecule has 13 heavy (non-hydrogen) atoms. The molecular formula is C7H10FN3OS. The molecule has 1 aromatic heterocycles. The van der Waals surface area contributed by atoms with Crippen molar-refractivity contribution in [2.45, 2.75) is 11.1 Å². The molecule has 0 aliphatic carbocycles. The fourth-order valence-corrected chi connectivity index (χ4v) is 1.44. The Morgan fingerprint density at radius 2 is 2.23 bits per heavy atom. The first-order valence-electron chi connectivity index (χ1n) is 3.67. The number of anilines is 1. The van der Waals surface area contributed by atoms with Gasteiger partial charge in [-0.25, -0.2) is 14.4 Å². The molecule has 1 aromatic rings. The lowest BCUT2D eigenvalue weighted by molar-refractivity contribution is 0.162. The Morgan fingerprint density at radius 1 is 1.54 bits per heavy atom. The number of aliphatic hydroxyl groups is 1. The highest BCUT2D eigenvalue weighted by atomic mass is 32.2. The molecule has 0 bridgehead atoms. The van der Waals surface area contributed by atoms with Crippen molar-refractivity contribution < 1.29 is 9.50 Å². The molecule has 4 nitrogen and oxygen atoms in total. The first kappa shape index (κ1) is 10.2. The van der Waals surface area contributed by atoms with Gasteiger partial charge in [0.2, 0.25) is 0 Å². The zero-order valence-corrected chi connectivity index (χ0v) is 7.67. The van der Waals surface area contributed by atoms with Crippen molar-refractivity contribution in [1.82, 2.24) is 9.97 Å². The number of nitrogens with zero attached hydrogens (tertiary/aromatic N) is 2. The summed E-state index contributed by atoms with van der Waals surface area (Å²) in [5.41, 5.74) is 5.48. The van der Waals surface area contributed by atoms with Crippen molar-refractivity contribution in [2.24, 2.45) is 0 Å². The van der Waals surface area contributed by atoms with E-state index in [4.69, 9.17) is 10.8 Å². The van der Waals surface area contributed by atoms with Crippen LogP contribution in [0.1, 0.15) is 0 Å². The highest BCUT2D eigenvalue weighted by molar-refractivity contribution is 7.99. The van der Waals surface area contributed by atoms with Crippen LogP contribution >= 0.6 is 11.8 Å². The van der Waals surface area contributed by atoms with E-state index in [0.717, 1.165) is 0 Å². The average molecular weight is 203 g/mol. The largest absolute Gasteiger partial charge is 0.390 e. The third-order valence-corrected chi connectivity index (χ3v) is 2.42. The summed E-state index contributed by atoms with van der Waals surface area (Å²) >= 11 is 1.19. The molecule has 1 atom stereocenters. The first-order valence-corrected chi connectivity index (χ1v) is 4.66. The predicted molar refractivity (Wildman–Crippen MR) is 49.2 cm³/mol. The van der Waals surface area contributed by atoms with Crippen LogP contribution in [0.2, 0.25) is 0 Å². The minimum Gasteiger partial charge on any atom is -0.390 e. The van der Waals surface area contributed by atoms with Gasteiger partial charge in [-0.1, -0.05) is 11.8 Å². The molecule has 0 radical (unpaired) electrons. The van der Waals surface area contributed by atoms with E-state index in [9.17, 15) is 4.39 Å². The van der Waals surface area contributed by atoms with Gasteiger partial charge >= 0.3 is 0 Å². The van der Waals surface area contributed by atoms with Crippen LogP contribution in [0, 0.1) is 0 Å². The summed E-state index contributed by atoms with van der Waals surface area (Å²) < 4.78 is 11.9. The Kier molecular flexibility index (Phi) is 3.91. The van der Waals surface area contributed by atoms with Crippen molar-refractivity contribution in [1.29, 1.82) is 0 Å². The number of hydrogen-bond donors (Lipinski definition) is 2. The van der Waals surface area contributed by atoms with Gasteiger partial charge in [-0.15, -0.1) is 0 Å². The van der Waals surface area contributed by atoms with E-state index >= 15 is 0 Å². The number of nitrogen functional groups attached to an aromatic ring is 1. The van der Waals surface area contributed by atoms with Gasteiger partial charge in [-0.3, -0.25) is 0 Å². The molecule has 1 unspecified atom stereocenters. The van der Waals surface area contributed by atoms with Gasteiger partial charge in [0, 0.05) is 18.1 Å². The summed E-state index contributed by atoms with van der Waals surface area (Å²) in [6.45, 7) is -0.757. The fraction of sp³-hybridized carbons (Fsp3) is 0.429. The lowest BCUT2D eigenvalue weighted by Crippen LogP contribution is -2.12. The second kappa shape index (κ2) is 4.98. The van der Waals surface area contributed by atoms with Gasteiger partial charge in [-0.05, 0) is 0 Å². The number of thioether (sulfide) groups is 1. The molecule has 0 saturated heterocycles. The van der Waals surface area contributed by atoms with E-state index in [1.54, 1.807) is 0 Å². The number of hydrogen-bond acceptors (Lipinski definition) is 5. The van der Waals surface area contributed by atoms with Gasteiger partial charge < -0.3 is 10.8 Å². The molecule has 0 aromatic carbocycles. The SMILES string of the molecule is Nc1nccnc1SCC(O)CF. The minimum absolute atomic E-state index is 0.236. The van der Waals surface area contributed by atoms with Crippen LogP contribution in [0.3, 0.4) is 0 Å². The number of alkyl halides is 1. The Morgan fingerprint density at radius 3 is 2.85 bits per heavy atom. The van der Waals surface area contributed by atoms with Crippen molar-refractivity contribution in [3.8, 4) is 0 Å². The number of rotatable bonds is 4. The number of aromatic nitrogens is 2. The van der Waals surface area contributed by atoms with Crippen LogP contribution in [0.4, 0.5) is 10.2 Å². The molecule has 0 spiro atoms. The Hall–Kier alpha value is -0.880. The maximum Gasteiger partial charge on any atom is 0.156 e. The van der Waals surface area contributed by atoms with Crippen molar-refractivity contribution >= 4 is 17.6 Å². The lowest BCUT2D eigenvalue weighted by Gasteiger charge is -2.05. The van der Waals surface area contributed by atoms with Crippen LogP contribution in [0.25, 0.3) is 0 Å². The molecule has 0 aliphatic rings. The summed E-state index contributed by atoms with van der Waals surface area (Å²) in [7, 11) is 0. The maximum absolute atomic E-state index is 11.9. The standard InChI is InChI=1S/C7H10FN3OS/c8-3-5(12)4-13-7-6(9)10-1-2-11-7/h1-2,5,12H,3-4H2,(H2,9,10). The van der Waals surface area contributed by atoms with E-state index in [-0.39, 0.29) is 5.75 Å². The van der Waals surface area contributed by atoms with E-state index in [2.05, 4.69) is 9.97 Å². The fourth-order valence-electron chi connectivity index (χ4n) is 0.667. The third kappa shape index (κ3) is 3.16. The molecule has 6 heteroatoms. The van der Waals surface area contributed by atoms with E-state index in [0.29, 0.717) is 10.8 Å². The normalized spacial score (nSPS) is 12.8. The predicted octanol–water partition coefficient (Wildman–Crippen LogP) is 0.481. The van der Waals surface area contributed by atoms with Crippen LogP contribution < -0.4 is 5.73 Å². The van der Waals surface area contributed by atoms with Crippen molar-refractivity contribution in [2.75, 3.05) is 18.2 Å². The zero-order valence-electron chi connectivity index (χ0n) is 6.85. The average Bonchev–Trinajstić information content (AvgIpc) is 2.16. The molecule has 3 N–H and O–H groups in total.